The molecule has 1 amide bonds. The van der Waals surface area contributed by atoms with Gasteiger partial charge in [-0.05, 0) is 44.2 Å². The molecule has 2 fully saturated rings. The van der Waals surface area contributed by atoms with Crippen molar-refractivity contribution < 1.29 is 9.53 Å². The van der Waals surface area contributed by atoms with Gasteiger partial charge < -0.3 is 19.9 Å². The molecule has 6 nitrogen and oxygen atoms in total. The van der Waals surface area contributed by atoms with Crippen molar-refractivity contribution in [2.75, 3.05) is 46.4 Å². The number of ether oxygens (including phenoxy) is 1. The van der Waals surface area contributed by atoms with E-state index in [-0.39, 0.29) is 12.0 Å². The van der Waals surface area contributed by atoms with Crippen LogP contribution in [0.25, 0.3) is 0 Å². The molecule has 1 unspecified atom stereocenters. The lowest BCUT2D eigenvalue weighted by atomic mass is 10.00. The van der Waals surface area contributed by atoms with E-state index in [1.807, 2.05) is 4.90 Å². The highest BCUT2D eigenvalue weighted by Gasteiger charge is 2.26. The number of hydrogen-bond donors (Lipinski definition) is 1. The minimum atomic E-state index is 0.0238. The quantitative estimate of drug-likeness (QED) is 0.653. The van der Waals surface area contributed by atoms with E-state index >= 15 is 0 Å². The summed E-state index contributed by atoms with van der Waals surface area (Å²) in [4.78, 5) is 21.0. The van der Waals surface area contributed by atoms with Gasteiger partial charge in [-0.1, -0.05) is 23.8 Å². The first-order valence-corrected chi connectivity index (χ1v) is 10.0. The van der Waals surface area contributed by atoms with Gasteiger partial charge in [-0.15, -0.1) is 0 Å². The van der Waals surface area contributed by atoms with Crippen molar-refractivity contribution in [2.45, 2.75) is 39.2 Å². The number of aryl methyl sites for hydroxylation is 2. The topological polar surface area (TPSA) is 57.2 Å². The van der Waals surface area contributed by atoms with E-state index in [0.29, 0.717) is 13.2 Å². The lowest BCUT2D eigenvalue weighted by Crippen LogP contribution is -2.51. The van der Waals surface area contributed by atoms with Crippen molar-refractivity contribution in [2.24, 2.45) is 4.99 Å². The average molecular weight is 373 g/mol. The Kier molecular flexibility index (Phi) is 6.72. The number of aliphatic imine (C=N–C) groups is 1. The van der Waals surface area contributed by atoms with Crippen molar-refractivity contribution in [3.63, 3.8) is 0 Å². The molecule has 1 atom stereocenters. The molecule has 2 aliphatic rings. The van der Waals surface area contributed by atoms with Gasteiger partial charge in [0, 0.05) is 26.7 Å². The summed E-state index contributed by atoms with van der Waals surface area (Å²) in [5.74, 6) is 0.938. The number of morpholine rings is 1. The van der Waals surface area contributed by atoms with Crippen LogP contribution in [0.2, 0.25) is 0 Å². The fourth-order valence-corrected chi connectivity index (χ4v) is 3.96. The Morgan fingerprint density at radius 3 is 2.67 bits per heavy atom. The zero-order chi connectivity index (χ0) is 19.2. The van der Waals surface area contributed by atoms with Crippen molar-refractivity contribution in [3.8, 4) is 0 Å². The summed E-state index contributed by atoms with van der Waals surface area (Å²) in [5.41, 5.74) is 3.74. The molecule has 27 heavy (non-hydrogen) atoms. The largest absolute Gasteiger partial charge is 0.370 e. The highest BCUT2D eigenvalue weighted by molar-refractivity contribution is 5.86. The molecule has 3 rings (SSSR count). The van der Waals surface area contributed by atoms with Crippen LogP contribution in [0.15, 0.2) is 23.2 Å². The fourth-order valence-electron chi connectivity index (χ4n) is 3.96. The smallest absolute Gasteiger partial charge is 0.241 e. The zero-order valence-electron chi connectivity index (χ0n) is 16.8. The molecule has 1 N–H and O–H groups in total. The maximum Gasteiger partial charge on any atom is 0.241 e. The average Bonchev–Trinajstić information content (AvgIpc) is 2.69. The molecule has 6 heteroatoms. The van der Waals surface area contributed by atoms with Crippen LogP contribution < -0.4 is 5.32 Å². The first-order chi connectivity index (χ1) is 13.1. The van der Waals surface area contributed by atoms with Crippen molar-refractivity contribution in [1.82, 2.24) is 15.1 Å². The summed E-state index contributed by atoms with van der Waals surface area (Å²) >= 11 is 0. The van der Waals surface area contributed by atoms with Gasteiger partial charge in [0.1, 0.15) is 6.10 Å². The number of carbonyl (C=O) groups excluding carboxylic acids is 1. The van der Waals surface area contributed by atoms with Crippen LogP contribution in [0.1, 0.15) is 42.1 Å². The van der Waals surface area contributed by atoms with Gasteiger partial charge in [0.05, 0.1) is 19.7 Å². The third-order valence-corrected chi connectivity index (χ3v) is 5.46. The Morgan fingerprint density at radius 1 is 1.19 bits per heavy atom. The molecule has 1 aromatic carbocycles. The molecule has 1 aromatic rings. The molecule has 2 saturated heterocycles. The Hall–Kier alpha value is -2.08. The normalized spacial score (nSPS) is 21.3. The molecule has 0 aromatic heterocycles. The van der Waals surface area contributed by atoms with Crippen LogP contribution in [-0.2, 0) is 9.53 Å². The second-order valence-electron chi connectivity index (χ2n) is 7.51. The number of piperidine rings is 1. The second-order valence-corrected chi connectivity index (χ2v) is 7.51. The standard InChI is InChI=1S/C21H32N4O2/c1-16-7-8-18(17(2)13-16)19-15-25(11-12-27-19)21(22-3)23-14-20(26)24-9-5-4-6-10-24/h7-8,13,19H,4-6,9-12,14-15H2,1-3H3,(H,22,23). The number of amides is 1. The predicted molar refractivity (Wildman–Crippen MR) is 108 cm³/mol. The molecule has 0 radical (unpaired) electrons. The van der Waals surface area contributed by atoms with Gasteiger partial charge in [-0.25, -0.2) is 0 Å². The molecule has 148 valence electrons. The second kappa shape index (κ2) is 9.22. The molecule has 0 saturated carbocycles. The van der Waals surface area contributed by atoms with Crippen LogP contribution in [0, 0.1) is 13.8 Å². The zero-order valence-corrected chi connectivity index (χ0v) is 16.8. The monoisotopic (exact) mass is 372 g/mol. The number of nitrogens with zero attached hydrogens (tertiary/aromatic N) is 3. The molecular formula is C21H32N4O2. The minimum Gasteiger partial charge on any atom is -0.370 e. The number of likely N-dealkylation sites (tertiary alicyclic amines) is 1. The van der Waals surface area contributed by atoms with Gasteiger partial charge >= 0.3 is 0 Å². The van der Waals surface area contributed by atoms with Crippen molar-refractivity contribution in [3.05, 3.63) is 34.9 Å². The van der Waals surface area contributed by atoms with Gasteiger partial charge in [-0.2, -0.15) is 0 Å². The van der Waals surface area contributed by atoms with E-state index < -0.39 is 0 Å². The maximum atomic E-state index is 12.4. The number of rotatable bonds is 3. The van der Waals surface area contributed by atoms with E-state index in [1.54, 1.807) is 7.05 Å². The molecular weight excluding hydrogens is 340 g/mol. The minimum absolute atomic E-state index is 0.0238. The third kappa shape index (κ3) is 5.01. The van der Waals surface area contributed by atoms with E-state index in [2.05, 4.69) is 47.3 Å². The molecule has 0 bridgehead atoms. The number of nitrogens with one attached hydrogen (secondary N) is 1. The summed E-state index contributed by atoms with van der Waals surface area (Å²) < 4.78 is 6.03. The van der Waals surface area contributed by atoms with Crippen LogP contribution in [0.5, 0.6) is 0 Å². The summed E-state index contributed by atoms with van der Waals surface area (Å²) in [7, 11) is 1.77. The lowest BCUT2D eigenvalue weighted by Gasteiger charge is -2.36. The van der Waals surface area contributed by atoms with Crippen molar-refractivity contribution in [1.29, 1.82) is 0 Å². The fraction of sp³-hybridized carbons (Fsp3) is 0.619. The van der Waals surface area contributed by atoms with Gasteiger partial charge in [0.25, 0.3) is 0 Å². The highest BCUT2D eigenvalue weighted by Crippen LogP contribution is 2.25. The van der Waals surface area contributed by atoms with Gasteiger partial charge in [0.2, 0.25) is 5.91 Å². The van der Waals surface area contributed by atoms with E-state index in [0.717, 1.165) is 45.0 Å². The first kappa shape index (κ1) is 19.7. The Labute approximate surface area is 162 Å². The van der Waals surface area contributed by atoms with E-state index in [1.165, 1.54) is 23.1 Å². The highest BCUT2D eigenvalue weighted by atomic mass is 16.5. The summed E-state index contributed by atoms with van der Waals surface area (Å²) in [5, 5.41) is 3.26. The Balaban J connectivity index is 1.59. The molecule has 2 heterocycles. The third-order valence-electron chi connectivity index (χ3n) is 5.46. The number of benzene rings is 1. The van der Waals surface area contributed by atoms with E-state index in [4.69, 9.17) is 4.74 Å². The Morgan fingerprint density at radius 2 is 1.96 bits per heavy atom. The predicted octanol–water partition coefficient (Wildman–Crippen LogP) is 2.26. The van der Waals surface area contributed by atoms with Crippen LogP contribution in [-0.4, -0.2) is 68.0 Å². The summed E-state index contributed by atoms with van der Waals surface area (Å²) in [6, 6.07) is 6.49. The SMILES string of the molecule is CN=C(NCC(=O)N1CCCCC1)N1CCOC(c2ccc(C)cc2C)C1. The number of carbonyl (C=O) groups is 1. The van der Waals surface area contributed by atoms with Crippen LogP contribution >= 0.6 is 0 Å². The molecule has 0 aliphatic carbocycles. The number of guanidine groups is 1. The van der Waals surface area contributed by atoms with Crippen LogP contribution in [0.4, 0.5) is 0 Å². The maximum absolute atomic E-state index is 12.4. The molecule has 0 spiro atoms. The summed E-state index contributed by atoms with van der Waals surface area (Å²) in [6.07, 6.45) is 3.48. The van der Waals surface area contributed by atoms with Gasteiger partial charge in [0.15, 0.2) is 5.96 Å². The summed E-state index contributed by atoms with van der Waals surface area (Å²) in [6.45, 7) is 8.47. The molecule has 2 aliphatic heterocycles. The first-order valence-electron chi connectivity index (χ1n) is 10.0. The van der Waals surface area contributed by atoms with Crippen molar-refractivity contribution >= 4 is 11.9 Å². The van der Waals surface area contributed by atoms with Crippen LogP contribution in [0.3, 0.4) is 0 Å². The lowest BCUT2D eigenvalue weighted by molar-refractivity contribution is -0.130. The number of hydrogen-bond acceptors (Lipinski definition) is 3. The van der Waals surface area contributed by atoms with E-state index in [9.17, 15) is 4.79 Å². The van der Waals surface area contributed by atoms with Gasteiger partial charge in [-0.3, -0.25) is 9.79 Å². The Bertz CT molecular complexity index is 683.